The second-order valence-corrected chi connectivity index (χ2v) is 8.72. The maximum atomic E-state index is 12.6. The molecule has 1 aliphatic rings. The van der Waals surface area contributed by atoms with Crippen LogP contribution in [0.3, 0.4) is 0 Å². The van der Waals surface area contributed by atoms with E-state index in [1.807, 2.05) is 59.5 Å². The maximum Gasteiger partial charge on any atom is 0.260 e. The van der Waals surface area contributed by atoms with Crippen LogP contribution in [-0.4, -0.2) is 68.0 Å². The third-order valence-corrected chi connectivity index (χ3v) is 6.20. The van der Waals surface area contributed by atoms with Crippen molar-refractivity contribution in [1.29, 1.82) is 0 Å². The predicted molar refractivity (Wildman–Crippen MR) is 135 cm³/mol. The summed E-state index contributed by atoms with van der Waals surface area (Å²) in [6.45, 7) is 6.94. The van der Waals surface area contributed by atoms with Crippen molar-refractivity contribution >= 4 is 11.7 Å². The Bertz CT molecular complexity index is 1120. The zero-order chi connectivity index (χ0) is 24.8. The molecule has 1 fully saturated rings. The fourth-order valence-corrected chi connectivity index (χ4v) is 4.02. The number of anilines is 1. The Morgan fingerprint density at radius 2 is 1.60 bits per heavy atom. The van der Waals surface area contributed by atoms with Crippen molar-refractivity contribution < 1.29 is 19.0 Å². The molecule has 0 aliphatic carbocycles. The average Bonchev–Trinajstić information content (AvgIpc) is 2.91. The van der Waals surface area contributed by atoms with Crippen LogP contribution in [0.25, 0.3) is 11.3 Å². The highest BCUT2D eigenvalue weighted by Gasteiger charge is 2.23. The molecule has 184 valence electrons. The number of aromatic nitrogens is 2. The topological polar surface area (TPSA) is 77.0 Å². The zero-order valence-electron chi connectivity index (χ0n) is 20.7. The molecule has 0 saturated carbocycles. The minimum atomic E-state index is -0.0101. The second-order valence-electron chi connectivity index (χ2n) is 8.72. The van der Waals surface area contributed by atoms with E-state index >= 15 is 0 Å². The summed E-state index contributed by atoms with van der Waals surface area (Å²) in [7, 11) is 3.25. The number of carbonyl (C=O) groups is 1. The van der Waals surface area contributed by atoms with Crippen LogP contribution in [0.15, 0.2) is 54.6 Å². The lowest BCUT2D eigenvalue weighted by atomic mass is 10.0. The molecule has 1 aromatic heterocycles. The van der Waals surface area contributed by atoms with Gasteiger partial charge in [-0.2, -0.15) is 0 Å². The third-order valence-electron chi connectivity index (χ3n) is 6.20. The van der Waals surface area contributed by atoms with E-state index in [4.69, 9.17) is 14.2 Å². The monoisotopic (exact) mass is 476 g/mol. The first-order valence-electron chi connectivity index (χ1n) is 11.8. The predicted octanol–water partition coefficient (Wildman–Crippen LogP) is 4.01. The van der Waals surface area contributed by atoms with E-state index in [2.05, 4.69) is 28.9 Å². The van der Waals surface area contributed by atoms with E-state index in [0.29, 0.717) is 49.3 Å². The number of carbonyl (C=O) groups excluding carboxylic acids is 1. The minimum Gasteiger partial charge on any atom is -0.497 e. The van der Waals surface area contributed by atoms with E-state index in [9.17, 15) is 4.79 Å². The molecular weight excluding hydrogens is 444 g/mol. The normalized spacial score (nSPS) is 13.6. The molecule has 2 aromatic carbocycles. The molecule has 1 aliphatic heterocycles. The van der Waals surface area contributed by atoms with E-state index in [1.54, 1.807) is 14.2 Å². The van der Waals surface area contributed by atoms with Crippen LogP contribution in [0.4, 0.5) is 5.82 Å². The summed E-state index contributed by atoms with van der Waals surface area (Å²) in [6.07, 6.45) is 0. The molecule has 0 N–H and O–H groups in total. The van der Waals surface area contributed by atoms with Crippen LogP contribution in [0.1, 0.15) is 25.3 Å². The standard InChI is InChI=1S/C27H32N4O4/c1-19(2)20-5-7-21(8-6-20)35-18-27(32)31-15-13-30(14-16-31)26-12-10-24(28-29-26)23-17-22(33-3)9-11-25(23)34-4/h5-12,17,19H,13-16,18H2,1-4H3. The van der Waals surface area contributed by atoms with Crippen molar-refractivity contribution in [2.24, 2.45) is 0 Å². The van der Waals surface area contributed by atoms with Gasteiger partial charge in [-0.3, -0.25) is 4.79 Å². The number of ether oxygens (including phenoxy) is 3. The number of rotatable bonds is 8. The van der Waals surface area contributed by atoms with Crippen LogP contribution >= 0.6 is 0 Å². The molecule has 2 heterocycles. The van der Waals surface area contributed by atoms with Crippen LogP contribution in [-0.2, 0) is 4.79 Å². The molecule has 0 unspecified atom stereocenters. The van der Waals surface area contributed by atoms with Crippen molar-refractivity contribution in [1.82, 2.24) is 15.1 Å². The van der Waals surface area contributed by atoms with Gasteiger partial charge in [-0.1, -0.05) is 26.0 Å². The van der Waals surface area contributed by atoms with E-state index in [-0.39, 0.29) is 12.5 Å². The van der Waals surface area contributed by atoms with Crippen molar-refractivity contribution in [2.75, 3.05) is 51.9 Å². The van der Waals surface area contributed by atoms with Crippen molar-refractivity contribution in [2.45, 2.75) is 19.8 Å². The first kappa shape index (κ1) is 24.3. The molecule has 0 radical (unpaired) electrons. The fourth-order valence-electron chi connectivity index (χ4n) is 4.02. The summed E-state index contributed by atoms with van der Waals surface area (Å²) >= 11 is 0. The summed E-state index contributed by atoms with van der Waals surface area (Å²) in [5, 5.41) is 8.84. The van der Waals surface area contributed by atoms with Gasteiger partial charge in [0.05, 0.1) is 19.9 Å². The molecule has 3 aromatic rings. The Hall–Kier alpha value is -3.81. The summed E-state index contributed by atoms with van der Waals surface area (Å²) in [4.78, 5) is 16.6. The Labute approximate surface area is 206 Å². The molecule has 8 heteroatoms. The quantitative estimate of drug-likeness (QED) is 0.486. The first-order chi connectivity index (χ1) is 17.0. The van der Waals surface area contributed by atoms with E-state index in [0.717, 1.165) is 17.1 Å². The van der Waals surface area contributed by atoms with Crippen LogP contribution in [0, 0.1) is 0 Å². The van der Waals surface area contributed by atoms with Gasteiger partial charge in [-0.05, 0) is 53.9 Å². The number of piperazine rings is 1. The zero-order valence-corrected chi connectivity index (χ0v) is 20.7. The highest BCUT2D eigenvalue weighted by atomic mass is 16.5. The number of hydrogen-bond acceptors (Lipinski definition) is 7. The molecule has 0 bridgehead atoms. The average molecular weight is 477 g/mol. The van der Waals surface area contributed by atoms with Gasteiger partial charge in [0.15, 0.2) is 12.4 Å². The van der Waals surface area contributed by atoms with Gasteiger partial charge in [0.25, 0.3) is 5.91 Å². The molecular formula is C27H32N4O4. The summed E-state index contributed by atoms with van der Waals surface area (Å²) in [5.74, 6) is 3.38. The van der Waals surface area contributed by atoms with Gasteiger partial charge in [-0.15, -0.1) is 10.2 Å². The summed E-state index contributed by atoms with van der Waals surface area (Å²) < 4.78 is 16.5. The number of hydrogen-bond donors (Lipinski definition) is 0. The Kier molecular flexibility index (Phi) is 7.70. The van der Waals surface area contributed by atoms with Gasteiger partial charge in [0.2, 0.25) is 0 Å². The maximum absolute atomic E-state index is 12.6. The Morgan fingerprint density at radius 1 is 0.886 bits per heavy atom. The van der Waals surface area contributed by atoms with Crippen LogP contribution < -0.4 is 19.1 Å². The molecule has 1 saturated heterocycles. The van der Waals surface area contributed by atoms with Crippen LogP contribution in [0.5, 0.6) is 17.2 Å². The second kappa shape index (κ2) is 11.1. The highest BCUT2D eigenvalue weighted by Crippen LogP contribution is 2.32. The minimum absolute atomic E-state index is 0.0101. The van der Waals surface area contributed by atoms with Crippen LogP contribution in [0.2, 0.25) is 0 Å². The molecule has 35 heavy (non-hydrogen) atoms. The number of methoxy groups -OCH3 is 2. The number of amides is 1. The third kappa shape index (κ3) is 5.82. The van der Waals surface area contributed by atoms with Gasteiger partial charge < -0.3 is 24.0 Å². The lowest BCUT2D eigenvalue weighted by Crippen LogP contribution is -2.50. The smallest absolute Gasteiger partial charge is 0.260 e. The number of benzene rings is 2. The van der Waals surface area contributed by atoms with Gasteiger partial charge >= 0.3 is 0 Å². The van der Waals surface area contributed by atoms with Crippen molar-refractivity contribution in [3.63, 3.8) is 0 Å². The highest BCUT2D eigenvalue weighted by molar-refractivity contribution is 5.78. The molecule has 4 rings (SSSR count). The fraction of sp³-hybridized carbons (Fsp3) is 0.370. The van der Waals surface area contributed by atoms with Gasteiger partial charge in [0, 0.05) is 31.7 Å². The molecule has 0 atom stereocenters. The Balaban J connectivity index is 1.31. The van der Waals surface area contributed by atoms with Crippen molar-refractivity contribution in [3.05, 3.63) is 60.2 Å². The molecule has 1 amide bonds. The first-order valence-corrected chi connectivity index (χ1v) is 11.8. The number of nitrogens with zero attached hydrogens (tertiary/aromatic N) is 4. The largest absolute Gasteiger partial charge is 0.497 e. The van der Waals surface area contributed by atoms with Gasteiger partial charge in [0.1, 0.15) is 17.2 Å². The van der Waals surface area contributed by atoms with Gasteiger partial charge in [-0.25, -0.2) is 0 Å². The molecule has 8 nitrogen and oxygen atoms in total. The SMILES string of the molecule is COc1ccc(OC)c(-c2ccc(N3CCN(C(=O)COc4ccc(C(C)C)cc4)CC3)nn2)c1. The lowest BCUT2D eigenvalue weighted by Gasteiger charge is -2.35. The molecule has 0 spiro atoms. The summed E-state index contributed by atoms with van der Waals surface area (Å²) in [5.41, 5.74) is 2.77. The van der Waals surface area contributed by atoms with E-state index in [1.165, 1.54) is 5.56 Å². The Morgan fingerprint density at radius 3 is 2.20 bits per heavy atom. The van der Waals surface area contributed by atoms with E-state index < -0.39 is 0 Å². The summed E-state index contributed by atoms with van der Waals surface area (Å²) in [6, 6.07) is 17.4. The lowest BCUT2D eigenvalue weighted by molar-refractivity contribution is -0.133. The van der Waals surface area contributed by atoms with Crippen molar-refractivity contribution in [3.8, 4) is 28.5 Å².